The molecular formula is C26H38N2O6. The largest absolute Gasteiger partial charge is 0.465 e. The summed E-state index contributed by atoms with van der Waals surface area (Å²) in [6.45, 7) is 8.13. The number of rotatable bonds is 5. The second-order valence-corrected chi connectivity index (χ2v) is 10.2. The van der Waals surface area contributed by atoms with Gasteiger partial charge in [0.15, 0.2) is 0 Å². The minimum atomic E-state index is -1.31. The van der Waals surface area contributed by atoms with Gasteiger partial charge >= 0.3 is 5.97 Å². The first-order valence-electron chi connectivity index (χ1n) is 12.7. The summed E-state index contributed by atoms with van der Waals surface area (Å²) >= 11 is 0. The van der Waals surface area contributed by atoms with E-state index in [-0.39, 0.29) is 24.5 Å². The first kappa shape index (κ1) is 24.9. The van der Waals surface area contributed by atoms with Crippen molar-refractivity contribution in [2.75, 3.05) is 19.8 Å². The summed E-state index contributed by atoms with van der Waals surface area (Å²) in [5.41, 5.74) is -2.35. The molecule has 34 heavy (non-hydrogen) atoms. The van der Waals surface area contributed by atoms with Crippen LogP contribution in [0.25, 0.3) is 0 Å². The molecule has 0 aromatic heterocycles. The maximum atomic E-state index is 14.2. The van der Waals surface area contributed by atoms with E-state index in [1.807, 2.05) is 52.0 Å². The number of fused-ring (bicyclic) bond motifs is 2. The molecule has 2 fully saturated rings. The highest BCUT2D eigenvalue weighted by molar-refractivity contribution is 5.99. The molecule has 0 aromatic carbocycles. The molecule has 8 heteroatoms. The van der Waals surface area contributed by atoms with Crippen molar-refractivity contribution in [3.8, 4) is 0 Å². The monoisotopic (exact) mass is 474 g/mol. The van der Waals surface area contributed by atoms with Crippen molar-refractivity contribution in [2.45, 2.75) is 89.1 Å². The van der Waals surface area contributed by atoms with E-state index in [1.165, 1.54) is 4.90 Å². The Bertz CT molecular complexity index is 881. The van der Waals surface area contributed by atoms with Crippen LogP contribution in [0.5, 0.6) is 0 Å². The molecule has 2 saturated heterocycles. The zero-order chi connectivity index (χ0) is 24.7. The summed E-state index contributed by atoms with van der Waals surface area (Å²) in [5, 5.41) is 10.1. The van der Waals surface area contributed by atoms with Gasteiger partial charge in [0.1, 0.15) is 23.2 Å². The Kier molecular flexibility index (Phi) is 6.93. The lowest BCUT2D eigenvalue weighted by atomic mass is 9.73. The van der Waals surface area contributed by atoms with E-state index >= 15 is 0 Å². The molecule has 6 atom stereocenters. The van der Waals surface area contributed by atoms with Gasteiger partial charge in [0.25, 0.3) is 0 Å². The summed E-state index contributed by atoms with van der Waals surface area (Å²) < 4.78 is 12.5. The van der Waals surface area contributed by atoms with Gasteiger partial charge in [-0.3, -0.25) is 14.4 Å². The predicted molar refractivity (Wildman–Crippen MR) is 126 cm³/mol. The number of likely N-dealkylation sites (tertiary alicyclic amines) is 1. The van der Waals surface area contributed by atoms with Crippen LogP contribution in [-0.2, 0) is 23.9 Å². The first-order valence-corrected chi connectivity index (χ1v) is 12.7. The van der Waals surface area contributed by atoms with E-state index in [2.05, 4.69) is 0 Å². The number of esters is 1. The van der Waals surface area contributed by atoms with Crippen LogP contribution in [0.4, 0.5) is 0 Å². The standard InChI is InChI=1S/C26H38N2O6/c1-5-18(16-29)28-21-23(31)27(17(3)4)14-11-13-26(21)19(22(28)30)20-24(32)33-15-10-8-7-9-12-25(20,6-2)34-26/h9,11-13,17-21,29H,5-8,10,14-16H2,1-4H3/b12-9-/t18-,19-,20-,21?,25+,26-/m0/s1. The molecule has 8 nitrogen and oxygen atoms in total. The molecule has 4 aliphatic heterocycles. The number of aliphatic hydroxyl groups excluding tert-OH is 1. The van der Waals surface area contributed by atoms with Crippen LogP contribution in [0, 0.1) is 11.8 Å². The normalized spacial score (nSPS) is 37.7. The molecule has 1 N–H and O–H groups in total. The van der Waals surface area contributed by atoms with Gasteiger partial charge in [-0.1, -0.05) is 38.2 Å². The zero-order valence-electron chi connectivity index (χ0n) is 20.7. The summed E-state index contributed by atoms with van der Waals surface area (Å²) in [7, 11) is 0. The lowest BCUT2D eigenvalue weighted by Gasteiger charge is -2.41. The molecule has 0 radical (unpaired) electrons. The van der Waals surface area contributed by atoms with Gasteiger partial charge < -0.3 is 24.4 Å². The highest BCUT2D eigenvalue weighted by Crippen LogP contribution is 2.58. The van der Waals surface area contributed by atoms with Crippen LogP contribution in [0.1, 0.15) is 59.8 Å². The lowest BCUT2D eigenvalue weighted by Crippen LogP contribution is -2.59. The lowest BCUT2D eigenvalue weighted by molar-refractivity contribution is -0.163. The average Bonchev–Trinajstić information content (AvgIpc) is 3.17. The Morgan fingerprint density at radius 1 is 1.09 bits per heavy atom. The molecule has 4 rings (SSSR count). The Morgan fingerprint density at radius 2 is 1.85 bits per heavy atom. The van der Waals surface area contributed by atoms with Gasteiger partial charge in [-0.25, -0.2) is 0 Å². The maximum absolute atomic E-state index is 14.2. The average molecular weight is 475 g/mol. The fourth-order valence-electron chi connectivity index (χ4n) is 6.27. The summed E-state index contributed by atoms with van der Waals surface area (Å²) in [4.78, 5) is 44.9. The molecule has 4 aliphatic rings. The van der Waals surface area contributed by atoms with Crippen LogP contribution in [0.15, 0.2) is 24.3 Å². The number of allylic oxidation sites excluding steroid dienone is 1. The van der Waals surface area contributed by atoms with E-state index in [4.69, 9.17) is 9.47 Å². The maximum Gasteiger partial charge on any atom is 0.313 e. The number of carbonyl (C=O) groups excluding carboxylic acids is 3. The van der Waals surface area contributed by atoms with Gasteiger partial charge in [0.05, 0.1) is 25.2 Å². The Labute approximate surface area is 201 Å². The van der Waals surface area contributed by atoms with Crippen molar-refractivity contribution in [1.29, 1.82) is 0 Å². The van der Waals surface area contributed by atoms with E-state index in [9.17, 15) is 19.5 Å². The number of hydrogen-bond donors (Lipinski definition) is 1. The fraction of sp³-hybridized carbons (Fsp3) is 0.731. The molecule has 1 unspecified atom stereocenters. The smallest absolute Gasteiger partial charge is 0.313 e. The second-order valence-electron chi connectivity index (χ2n) is 10.2. The quantitative estimate of drug-likeness (QED) is 0.485. The minimum absolute atomic E-state index is 0.0791. The molecule has 0 bridgehead atoms. The van der Waals surface area contributed by atoms with Crippen LogP contribution in [0.3, 0.4) is 0 Å². The van der Waals surface area contributed by atoms with Crippen molar-refractivity contribution in [3.63, 3.8) is 0 Å². The van der Waals surface area contributed by atoms with E-state index < -0.39 is 41.1 Å². The summed E-state index contributed by atoms with van der Waals surface area (Å²) in [6, 6.07) is -1.58. The van der Waals surface area contributed by atoms with Gasteiger partial charge in [-0.05, 0) is 46.0 Å². The Balaban J connectivity index is 1.93. The topological polar surface area (TPSA) is 96.4 Å². The third-order valence-electron chi connectivity index (χ3n) is 8.05. The van der Waals surface area contributed by atoms with Gasteiger partial charge in [0.2, 0.25) is 11.8 Å². The molecule has 4 heterocycles. The number of ether oxygens (including phenoxy) is 2. The third-order valence-corrected chi connectivity index (χ3v) is 8.05. The highest BCUT2D eigenvalue weighted by Gasteiger charge is 2.75. The fourth-order valence-corrected chi connectivity index (χ4v) is 6.27. The summed E-state index contributed by atoms with van der Waals surface area (Å²) in [6.07, 6.45) is 11.1. The van der Waals surface area contributed by atoms with Crippen molar-refractivity contribution < 1.29 is 29.0 Å². The van der Waals surface area contributed by atoms with Crippen molar-refractivity contribution in [2.24, 2.45) is 11.8 Å². The van der Waals surface area contributed by atoms with Crippen molar-refractivity contribution in [1.82, 2.24) is 9.80 Å². The van der Waals surface area contributed by atoms with Crippen molar-refractivity contribution in [3.05, 3.63) is 24.3 Å². The third kappa shape index (κ3) is 3.61. The minimum Gasteiger partial charge on any atom is -0.465 e. The van der Waals surface area contributed by atoms with Crippen LogP contribution in [0.2, 0.25) is 0 Å². The number of amides is 2. The second kappa shape index (κ2) is 9.46. The van der Waals surface area contributed by atoms with E-state index in [0.29, 0.717) is 26.0 Å². The first-order chi connectivity index (χ1) is 16.3. The molecule has 0 aliphatic carbocycles. The molecule has 2 amide bonds. The molecule has 1 spiro atoms. The Morgan fingerprint density at radius 3 is 2.50 bits per heavy atom. The van der Waals surface area contributed by atoms with Gasteiger partial charge in [-0.15, -0.1) is 0 Å². The Hall–Kier alpha value is -2.19. The van der Waals surface area contributed by atoms with Gasteiger partial charge in [-0.2, -0.15) is 0 Å². The van der Waals surface area contributed by atoms with Crippen LogP contribution >= 0.6 is 0 Å². The van der Waals surface area contributed by atoms with E-state index in [1.54, 1.807) is 4.90 Å². The molecule has 0 saturated carbocycles. The SMILES string of the molecule is CC[C@@H](CO)N1C(=O)[C@@H]2[C@H]3C(=O)OCCCC/C=C\[C@@]3(CC)O[C@@]23C=CCN(C(C)C)C(=O)C13. The van der Waals surface area contributed by atoms with Gasteiger partial charge in [0, 0.05) is 12.6 Å². The number of aliphatic hydroxyl groups is 1. The van der Waals surface area contributed by atoms with Crippen LogP contribution < -0.4 is 0 Å². The molecule has 188 valence electrons. The predicted octanol–water partition coefficient (Wildman–Crippen LogP) is 2.21. The number of hydrogen-bond acceptors (Lipinski definition) is 6. The van der Waals surface area contributed by atoms with Crippen LogP contribution in [-0.4, -0.2) is 81.8 Å². The number of carbonyl (C=O) groups is 3. The molecular weight excluding hydrogens is 436 g/mol. The van der Waals surface area contributed by atoms with Crippen molar-refractivity contribution >= 4 is 17.8 Å². The van der Waals surface area contributed by atoms with E-state index in [0.717, 1.165) is 19.3 Å². The number of nitrogens with zero attached hydrogens (tertiary/aromatic N) is 2. The number of cyclic esters (lactones) is 1. The summed E-state index contributed by atoms with van der Waals surface area (Å²) in [5.74, 6) is -2.76. The highest BCUT2D eigenvalue weighted by atomic mass is 16.6. The zero-order valence-corrected chi connectivity index (χ0v) is 20.7. The molecule has 0 aromatic rings.